The molecule has 0 saturated carbocycles. The number of amides is 4. The molecule has 4 atom stereocenters. The monoisotopic (exact) mass is 800 g/mol. The fourth-order valence-corrected chi connectivity index (χ4v) is 8.01. The predicted octanol–water partition coefficient (Wildman–Crippen LogP) is 7.54. The van der Waals surface area contributed by atoms with Crippen molar-refractivity contribution in [1.82, 2.24) is 40.4 Å². The number of benzene rings is 3. The Morgan fingerprint density at radius 3 is 1.81 bits per heavy atom. The fraction of sp³-hybridized carbons (Fsp3) is 0.378. The molecule has 2 aliphatic rings. The number of methoxy groups -OCH3 is 2. The second kappa shape index (κ2) is 17.2. The van der Waals surface area contributed by atoms with E-state index in [0.717, 1.165) is 68.7 Å². The van der Waals surface area contributed by atoms with Gasteiger partial charge in [-0.05, 0) is 71.2 Å². The summed E-state index contributed by atoms with van der Waals surface area (Å²) in [6.07, 6.45) is 5.99. The number of nitrogens with one attached hydrogen (secondary N) is 4. The molecule has 4 heterocycles. The minimum atomic E-state index is -0.732. The first-order valence-electron chi connectivity index (χ1n) is 20.1. The van der Waals surface area contributed by atoms with Crippen LogP contribution in [0.15, 0.2) is 84.7 Å². The lowest BCUT2D eigenvalue weighted by Crippen LogP contribution is -2.51. The van der Waals surface area contributed by atoms with Crippen LogP contribution in [0.5, 0.6) is 0 Å². The molecule has 14 heteroatoms. The van der Waals surface area contributed by atoms with Crippen LogP contribution in [0, 0.1) is 11.8 Å². The molecule has 0 spiro atoms. The number of hydrogen-bond donors (Lipinski definition) is 4. The first-order chi connectivity index (χ1) is 28.3. The number of aromatic amines is 2. The van der Waals surface area contributed by atoms with Crippen molar-refractivity contribution < 1.29 is 28.7 Å². The number of carbonyl (C=O) groups is 4. The molecular weight excluding hydrogens is 749 g/mol. The Hall–Kier alpha value is -6.44. The Morgan fingerprint density at radius 2 is 1.20 bits per heavy atom. The molecule has 3 aromatic carbocycles. The highest BCUT2D eigenvalue weighted by Gasteiger charge is 2.38. The van der Waals surface area contributed by atoms with Crippen molar-refractivity contribution in [3.8, 4) is 33.6 Å². The molecular formula is C45H52N8O6. The molecule has 14 nitrogen and oxygen atoms in total. The van der Waals surface area contributed by atoms with E-state index in [4.69, 9.17) is 14.5 Å². The second-order valence-corrected chi connectivity index (χ2v) is 16.0. The molecule has 1 saturated heterocycles. The minimum Gasteiger partial charge on any atom is -0.453 e. The van der Waals surface area contributed by atoms with E-state index >= 15 is 0 Å². The summed E-state index contributed by atoms with van der Waals surface area (Å²) in [7, 11) is 2.57. The first-order valence-corrected chi connectivity index (χ1v) is 20.1. The molecule has 0 unspecified atom stereocenters. The molecule has 5 aromatic rings. The maximum Gasteiger partial charge on any atom is 0.407 e. The number of hydrogen-bond acceptors (Lipinski definition) is 8. The number of aromatic nitrogens is 4. The maximum atomic E-state index is 13.7. The smallest absolute Gasteiger partial charge is 0.407 e. The first kappa shape index (κ1) is 40.7. The van der Waals surface area contributed by atoms with Crippen LogP contribution in [0.2, 0.25) is 0 Å². The molecule has 0 radical (unpaired) electrons. The van der Waals surface area contributed by atoms with Gasteiger partial charge in [0, 0.05) is 18.7 Å². The summed E-state index contributed by atoms with van der Waals surface area (Å²) in [6.45, 7) is 10.6. The number of imidazole rings is 2. The van der Waals surface area contributed by atoms with Crippen molar-refractivity contribution in [2.45, 2.75) is 71.6 Å². The van der Waals surface area contributed by atoms with Crippen LogP contribution >= 0.6 is 0 Å². The summed E-state index contributed by atoms with van der Waals surface area (Å²) >= 11 is 0. The van der Waals surface area contributed by atoms with E-state index in [1.165, 1.54) is 14.2 Å². The van der Waals surface area contributed by atoms with Gasteiger partial charge < -0.3 is 39.9 Å². The van der Waals surface area contributed by atoms with E-state index in [2.05, 4.69) is 86.2 Å². The molecule has 0 bridgehead atoms. The van der Waals surface area contributed by atoms with Crippen LogP contribution < -0.4 is 10.6 Å². The Morgan fingerprint density at radius 1 is 0.695 bits per heavy atom. The van der Waals surface area contributed by atoms with Gasteiger partial charge in [0.15, 0.2) is 0 Å². The van der Waals surface area contributed by atoms with Crippen LogP contribution in [-0.2, 0) is 19.1 Å². The van der Waals surface area contributed by atoms with E-state index in [1.54, 1.807) is 11.1 Å². The van der Waals surface area contributed by atoms with Gasteiger partial charge in [-0.1, -0.05) is 87.9 Å². The number of ether oxygens (including phenoxy) is 2. The summed E-state index contributed by atoms with van der Waals surface area (Å²) in [5, 5.41) is 7.57. The van der Waals surface area contributed by atoms with Crippen LogP contribution in [0.25, 0.3) is 44.4 Å². The van der Waals surface area contributed by atoms with E-state index < -0.39 is 24.3 Å². The number of alkyl carbamates (subject to hydrolysis) is 2. The molecule has 7 rings (SSSR count). The molecule has 1 fully saturated rings. The van der Waals surface area contributed by atoms with Gasteiger partial charge in [-0.15, -0.1) is 0 Å². The highest BCUT2D eigenvalue weighted by molar-refractivity contribution is 5.91. The molecule has 308 valence electrons. The summed E-state index contributed by atoms with van der Waals surface area (Å²) in [4.78, 5) is 71.1. The van der Waals surface area contributed by atoms with Crippen molar-refractivity contribution in [1.29, 1.82) is 0 Å². The Bertz CT molecular complexity index is 2380. The van der Waals surface area contributed by atoms with Crippen molar-refractivity contribution in [3.05, 3.63) is 96.4 Å². The third-order valence-electron chi connectivity index (χ3n) is 11.3. The van der Waals surface area contributed by atoms with E-state index in [9.17, 15) is 19.2 Å². The van der Waals surface area contributed by atoms with E-state index in [0.29, 0.717) is 18.9 Å². The van der Waals surface area contributed by atoms with Gasteiger partial charge in [-0.2, -0.15) is 0 Å². The third-order valence-corrected chi connectivity index (χ3v) is 11.3. The lowest BCUT2D eigenvalue weighted by molar-refractivity contribution is -0.136. The number of H-pyrrole nitrogens is 2. The Labute approximate surface area is 343 Å². The number of nitrogens with zero attached hydrogens (tertiary/aromatic N) is 4. The molecule has 0 aliphatic carbocycles. The van der Waals surface area contributed by atoms with Crippen LogP contribution in [-0.4, -0.2) is 93.1 Å². The number of fused-ring (bicyclic) bond motifs is 1. The van der Waals surface area contributed by atoms with Crippen molar-refractivity contribution in [2.24, 2.45) is 11.8 Å². The summed E-state index contributed by atoms with van der Waals surface area (Å²) in [5.41, 5.74) is 6.85. The third kappa shape index (κ3) is 8.57. The quantitative estimate of drug-likeness (QED) is 0.0992. The fourth-order valence-electron chi connectivity index (χ4n) is 8.01. The highest BCUT2D eigenvalue weighted by Crippen LogP contribution is 2.35. The van der Waals surface area contributed by atoms with Gasteiger partial charge in [-0.3, -0.25) is 9.59 Å². The largest absolute Gasteiger partial charge is 0.453 e. The minimum absolute atomic E-state index is 0.107. The topological polar surface area (TPSA) is 175 Å². The van der Waals surface area contributed by atoms with Crippen LogP contribution in [0.4, 0.5) is 9.59 Å². The average molecular weight is 801 g/mol. The number of carbonyl (C=O) groups excluding carboxylic acids is 4. The van der Waals surface area contributed by atoms with Gasteiger partial charge >= 0.3 is 12.2 Å². The summed E-state index contributed by atoms with van der Waals surface area (Å²) in [6, 6.07) is 19.0. The zero-order valence-corrected chi connectivity index (χ0v) is 34.5. The highest BCUT2D eigenvalue weighted by atomic mass is 16.5. The Kier molecular flexibility index (Phi) is 11.9. The van der Waals surface area contributed by atoms with Gasteiger partial charge in [0.25, 0.3) is 0 Å². The lowest BCUT2D eigenvalue weighted by Gasteiger charge is -2.30. The zero-order valence-electron chi connectivity index (χ0n) is 34.5. The average Bonchev–Trinajstić information content (AvgIpc) is 4.08. The molecule has 59 heavy (non-hydrogen) atoms. The zero-order chi connectivity index (χ0) is 42.0. The predicted molar refractivity (Wildman–Crippen MR) is 225 cm³/mol. The Balaban J connectivity index is 1.04. The van der Waals surface area contributed by atoms with E-state index in [1.807, 2.05) is 51.8 Å². The van der Waals surface area contributed by atoms with Gasteiger partial charge in [-0.25, -0.2) is 19.6 Å². The normalized spacial score (nSPS) is 17.6. The lowest BCUT2D eigenvalue weighted by atomic mass is 9.98. The number of likely N-dealkylation sites (tertiary alicyclic amines) is 1. The molecule has 2 aliphatic heterocycles. The summed E-state index contributed by atoms with van der Waals surface area (Å²) < 4.78 is 9.54. The van der Waals surface area contributed by atoms with Crippen molar-refractivity contribution >= 4 is 34.8 Å². The molecule has 4 amide bonds. The van der Waals surface area contributed by atoms with Crippen LogP contribution in [0.1, 0.15) is 71.2 Å². The second-order valence-electron chi connectivity index (χ2n) is 16.0. The summed E-state index contributed by atoms with van der Waals surface area (Å²) in [5.74, 6) is 0.798. The van der Waals surface area contributed by atoms with Crippen molar-refractivity contribution in [2.75, 3.05) is 27.3 Å². The molecule has 4 N–H and O–H groups in total. The van der Waals surface area contributed by atoms with Gasteiger partial charge in [0.05, 0.1) is 44.0 Å². The van der Waals surface area contributed by atoms with E-state index in [-0.39, 0.29) is 35.7 Å². The molecule has 2 aromatic heterocycles. The maximum absolute atomic E-state index is 13.7. The SMILES string of the molecule is COC(=O)N[C@H](C(=O)N1CC(C)=C[C@H]1c1ncc(-c2ccc(-c3ccc4cc(-c5cnc([C@@H]6CCCN6C(=O)[C@@H](NC(=O)OC)C(C)C)[nH]5)ccc4c3)cc2)[nH]1)C(C)C. The standard InChI is InChI=1S/C45H52N8O6/c1-25(2)38(50-44(56)58-6)42(54)52-18-8-9-36(52)40-46-23-35(49-40)33-17-16-31-20-30(14-15-32(31)21-33)28-10-12-29(13-11-28)34-22-47-41(48-34)37-19-27(5)24-53(37)43(55)39(26(3)4)51-45(57)59-7/h10-17,19-23,25-26,36-39H,8-9,18,24H2,1-7H3,(H,46,49)(H,47,48)(H,50,56)(H,51,57)/t36-,37-,38-,39-/m0/s1. The van der Waals surface area contributed by atoms with Gasteiger partial charge in [0.2, 0.25) is 11.8 Å². The van der Waals surface area contributed by atoms with Crippen molar-refractivity contribution in [3.63, 3.8) is 0 Å². The number of rotatable bonds is 11. The van der Waals surface area contributed by atoms with Gasteiger partial charge in [0.1, 0.15) is 29.8 Å². The van der Waals surface area contributed by atoms with Crippen LogP contribution in [0.3, 0.4) is 0 Å².